The molecule has 2 aromatic heterocycles. The summed E-state index contributed by atoms with van der Waals surface area (Å²) >= 11 is 5.01. The lowest BCUT2D eigenvalue weighted by molar-refractivity contribution is 0.112. The molecule has 1 unspecified atom stereocenters. The van der Waals surface area contributed by atoms with Gasteiger partial charge in [-0.3, -0.25) is 9.48 Å². The molecular weight excluding hydrogens is 376 g/mol. The van der Waals surface area contributed by atoms with E-state index in [0.717, 1.165) is 20.5 Å². The highest BCUT2D eigenvalue weighted by Gasteiger charge is 2.30. The molecule has 1 fully saturated rings. The van der Waals surface area contributed by atoms with Crippen LogP contribution < -0.4 is 0 Å². The van der Waals surface area contributed by atoms with E-state index in [-0.39, 0.29) is 17.5 Å². The molecule has 2 aromatic rings. The summed E-state index contributed by atoms with van der Waals surface area (Å²) in [6, 6.07) is 1.76. The molecule has 0 spiro atoms. The van der Waals surface area contributed by atoms with Gasteiger partial charge in [-0.05, 0) is 35.3 Å². The minimum atomic E-state index is -2.98. The van der Waals surface area contributed by atoms with Crippen molar-refractivity contribution >= 4 is 43.4 Å². The summed E-state index contributed by atoms with van der Waals surface area (Å²) in [6.07, 6.45) is 2.97. The molecule has 112 valence electrons. The Labute approximate surface area is 135 Å². The van der Waals surface area contributed by atoms with Crippen molar-refractivity contribution in [3.05, 3.63) is 26.5 Å². The third-order valence-corrected chi connectivity index (χ3v) is 6.92. The molecule has 3 heterocycles. The predicted molar refractivity (Wildman–Crippen MR) is 85.7 cm³/mol. The average Bonchev–Trinajstić information content (AvgIpc) is 3.06. The Hall–Kier alpha value is -0.990. The number of thiophene rings is 1. The minimum Gasteiger partial charge on any atom is -0.298 e. The molecule has 0 aliphatic carbocycles. The van der Waals surface area contributed by atoms with Crippen LogP contribution in [-0.4, -0.2) is 36.0 Å². The normalized spacial score (nSPS) is 20.8. The number of aldehydes is 1. The van der Waals surface area contributed by atoms with Crippen LogP contribution in [0.1, 0.15) is 27.7 Å². The second-order valence-corrected chi connectivity index (χ2v) is 9.97. The molecule has 0 N–H and O–H groups in total. The van der Waals surface area contributed by atoms with E-state index in [9.17, 15) is 13.2 Å². The number of hydrogen-bond donors (Lipinski definition) is 0. The van der Waals surface area contributed by atoms with Gasteiger partial charge in [-0.25, -0.2) is 8.42 Å². The van der Waals surface area contributed by atoms with Crippen molar-refractivity contribution in [3.63, 3.8) is 0 Å². The molecule has 1 atom stereocenters. The Morgan fingerprint density at radius 1 is 1.52 bits per heavy atom. The van der Waals surface area contributed by atoms with Crippen molar-refractivity contribution in [3.8, 4) is 11.3 Å². The highest BCUT2D eigenvalue weighted by atomic mass is 79.9. The molecule has 21 heavy (non-hydrogen) atoms. The number of hydrogen-bond acceptors (Lipinski definition) is 5. The highest BCUT2D eigenvalue weighted by molar-refractivity contribution is 9.11. The molecular formula is C13H13BrN2O3S2. The van der Waals surface area contributed by atoms with Gasteiger partial charge in [0.25, 0.3) is 0 Å². The van der Waals surface area contributed by atoms with E-state index in [0.29, 0.717) is 17.7 Å². The van der Waals surface area contributed by atoms with Crippen molar-refractivity contribution in [2.45, 2.75) is 19.4 Å². The van der Waals surface area contributed by atoms with Gasteiger partial charge < -0.3 is 0 Å². The van der Waals surface area contributed by atoms with Crippen LogP contribution in [0.2, 0.25) is 0 Å². The van der Waals surface area contributed by atoms with Crippen LogP contribution >= 0.6 is 27.3 Å². The maximum atomic E-state index is 11.6. The zero-order chi connectivity index (χ0) is 15.2. The molecule has 1 aliphatic rings. The summed E-state index contributed by atoms with van der Waals surface area (Å²) in [6.45, 7) is 1.97. The van der Waals surface area contributed by atoms with Gasteiger partial charge in [0, 0.05) is 16.6 Å². The number of carbonyl (C=O) groups excluding carboxylic acids is 1. The Bertz CT molecular complexity index is 807. The average molecular weight is 389 g/mol. The number of aryl methyl sites for hydroxylation is 1. The summed E-state index contributed by atoms with van der Waals surface area (Å²) in [5, 5.41) is 4.48. The standard InChI is InChI=1S/C13H13BrN2O3S2/c1-8-11(4-12(14)20-8)13-9(6-17)5-16(15-13)10-2-3-21(18,19)7-10/h4-6,10H,2-3,7H2,1H3. The van der Waals surface area contributed by atoms with Crippen molar-refractivity contribution in [2.75, 3.05) is 11.5 Å². The number of nitrogens with zero attached hydrogens (tertiary/aromatic N) is 2. The summed E-state index contributed by atoms with van der Waals surface area (Å²) in [7, 11) is -2.98. The Balaban J connectivity index is 2.03. The summed E-state index contributed by atoms with van der Waals surface area (Å²) < 4.78 is 25.8. The lowest BCUT2D eigenvalue weighted by Crippen LogP contribution is -2.11. The van der Waals surface area contributed by atoms with Crippen molar-refractivity contribution < 1.29 is 13.2 Å². The van der Waals surface area contributed by atoms with Gasteiger partial charge in [-0.15, -0.1) is 11.3 Å². The molecule has 0 radical (unpaired) electrons. The summed E-state index contributed by atoms with van der Waals surface area (Å²) in [5.41, 5.74) is 2.02. The molecule has 0 aromatic carbocycles. The molecule has 8 heteroatoms. The van der Waals surface area contributed by atoms with Crippen LogP contribution in [0.5, 0.6) is 0 Å². The number of rotatable bonds is 3. The molecule has 0 saturated carbocycles. The van der Waals surface area contributed by atoms with Gasteiger partial charge in [0.2, 0.25) is 0 Å². The molecule has 1 saturated heterocycles. The van der Waals surface area contributed by atoms with Crippen molar-refractivity contribution in [1.82, 2.24) is 9.78 Å². The maximum Gasteiger partial charge on any atom is 0.153 e. The van der Waals surface area contributed by atoms with Crippen LogP contribution in [0.15, 0.2) is 16.0 Å². The van der Waals surface area contributed by atoms with E-state index >= 15 is 0 Å². The van der Waals surface area contributed by atoms with Crippen molar-refractivity contribution in [1.29, 1.82) is 0 Å². The quantitative estimate of drug-likeness (QED) is 0.757. The minimum absolute atomic E-state index is 0.0960. The van der Waals surface area contributed by atoms with Gasteiger partial charge in [-0.1, -0.05) is 0 Å². The SMILES string of the molecule is Cc1sc(Br)cc1-c1nn(C2CCS(=O)(=O)C2)cc1C=O. The first kappa shape index (κ1) is 14.9. The fourth-order valence-corrected chi connectivity index (χ4v) is 5.95. The zero-order valence-corrected chi connectivity index (χ0v) is 14.5. The first-order chi connectivity index (χ1) is 9.89. The molecule has 1 aliphatic heterocycles. The first-order valence-electron chi connectivity index (χ1n) is 6.40. The van der Waals surface area contributed by atoms with Gasteiger partial charge in [0.15, 0.2) is 16.1 Å². The molecule has 0 bridgehead atoms. The van der Waals surface area contributed by atoms with Gasteiger partial charge >= 0.3 is 0 Å². The number of halogens is 1. The Morgan fingerprint density at radius 3 is 2.81 bits per heavy atom. The topological polar surface area (TPSA) is 69.0 Å². The monoisotopic (exact) mass is 388 g/mol. The van der Waals surface area contributed by atoms with Gasteiger partial charge in [0.05, 0.1) is 26.9 Å². The van der Waals surface area contributed by atoms with Crippen LogP contribution in [-0.2, 0) is 9.84 Å². The number of sulfone groups is 1. The number of aromatic nitrogens is 2. The fraction of sp³-hybridized carbons (Fsp3) is 0.385. The Kier molecular flexibility index (Phi) is 3.79. The van der Waals surface area contributed by atoms with E-state index in [1.54, 1.807) is 22.2 Å². The summed E-state index contributed by atoms with van der Waals surface area (Å²) in [5.74, 6) is 0.283. The summed E-state index contributed by atoms with van der Waals surface area (Å²) in [4.78, 5) is 12.4. The smallest absolute Gasteiger partial charge is 0.153 e. The molecule has 5 nitrogen and oxygen atoms in total. The molecule has 3 rings (SSSR count). The third kappa shape index (κ3) is 2.84. The van der Waals surface area contributed by atoms with Crippen LogP contribution in [0.25, 0.3) is 11.3 Å². The Morgan fingerprint density at radius 2 is 2.29 bits per heavy atom. The second-order valence-electron chi connectivity index (χ2n) is 5.11. The predicted octanol–water partition coefficient (Wildman–Crippen LogP) is 2.85. The van der Waals surface area contributed by atoms with E-state index in [1.165, 1.54) is 0 Å². The zero-order valence-electron chi connectivity index (χ0n) is 11.2. The van der Waals surface area contributed by atoms with E-state index in [1.807, 2.05) is 13.0 Å². The number of carbonyl (C=O) groups is 1. The van der Waals surface area contributed by atoms with E-state index in [4.69, 9.17) is 0 Å². The first-order valence-corrected chi connectivity index (χ1v) is 9.84. The van der Waals surface area contributed by atoms with Crippen LogP contribution in [0.4, 0.5) is 0 Å². The lowest BCUT2D eigenvalue weighted by Gasteiger charge is -2.07. The third-order valence-electron chi connectivity index (χ3n) is 3.61. The maximum absolute atomic E-state index is 11.6. The fourth-order valence-electron chi connectivity index (χ4n) is 2.55. The van der Waals surface area contributed by atoms with Gasteiger partial charge in [0.1, 0.15) is 5.69 Å². The largest absolute Gasteiger partial charge is 0.298 e. The van der Waals surface area contributed by atoms with Crippen molar-refractivity contribution in [2.24, 2.45) is 0 Å². The van der Waals surface area contributed by atoms with E-state index in [2.05, 4.69) is 21.0 Å². The second kappa shape index (κ2) is 5.33. The molecule has 0 amide bonds. The van der Waals surface area contributed by atoms with Crippen LogP contribution in [0.3, 0.4) is 0 Å². The lowest BCUT2D eigenvalue weighted by atomic mass is 10.1. The van der Waals surface area contributed by atoms with Gasteiger partial charge in [-0.2, -0.15) is 5.10 Å². The van der Waals surface area contributed by atoms with E-state index < -0.39 is 9.84 Å². The highest BCUT2D eigenvalue weighted by Crippen LogP contribution is 2.35. The van der Waals surface area contributed by atoms with Crippen LogP contribution in [0, 0.1) is 6.92 Å².